The van der Waals surface area contributed by atoms with Gasteiger partial charge in [0.05, 0.1) is 12.1 Å². The van der Waals surface area contributed by atoms with Gasteiger partial charge in [-0.1, -0.05) is 50.0 Å². The number of rotatable bonds is 9. The fourth-order valence-corrected chi connectivity index (χ4v) is 6.42. The van der Waals surface area contributed by atoms with Crippen LogP contribution in [0.15, 0.2) is 30.3 Å². The lowest BCUT2D eigenvalue weighted by Gasteiger charge is -2.46. The van der Waals surface area contributed by atoms with Crippen molar-refractivity contribution in [3.8, 4) is 0 Å². The van der Waals surface area contributed by atoms with Crippen molar-refractivity contribution in [2.45, 2.75) is 108 Å². The maximum absolute atomic E-state index is 13.5. The topological polar surface area (TPSA) is 111 Å². The summed E-state index contributed by atoms with van der Waals surface area (Å²) >= 11 is 0. The van der Waals surface area contributed by atoms with Gasteiger partial charge in [-0.05, 0) is 58.1 Å². The van der Waals surface area contributed by atoms with Gasteiger partial charge in [0.25, 0.3) is 0 Å². The molecule has 1 saturated carbocycles. The normalized spacial score (nSPS) is 24.3. The minimum atomic E-state index is -1.48. The molecule has 1 aliphatic carbocycles. The number of carbonyl (C=O) groups excluding carboxylic acids is 2. The second-order valence-corrected chi connectivity index (χ2v) is 18.5. The van der Waals surface area contributed by atoms with Crippen LogP contribution in [0.5, 0.6) is 0 Å². The molecule has 0 bridgehead atoms. The molecule has 1 saturated heterocycles. The van der Waals surface area contributed by atoms with Crippen LogP contribution in [0.3, 0.4) is 0 Å². The molecule has 212 valence electrons. The number of ether oxygens (including phenoxy) is 1. The highest BCUT2D eigenvalue weighted by Gasteiger charge is 2.45. The Bertz CT molecular complexity index is 962. The highest BCUT2D eigenvalue weighted by molar-refractivity contribution is 6.76. The van der Waals surface area contributed by atoms with Crippen molar-refractivity contribution in [2.24, 2.45) is 0 Å². The number of carbonyl (C=O) groups is 3. The Kier molecular flexibility index (Phi) is 9.86. The minimum Gasteiger partial charge on any atom is -0.465 e. The quantitative estimate of drug-likeness (QED) is 0.393. The fourth-order valence-electron chi connectivity index (χ4n) is 5.50. The summed E-state index contributed by atoms with van der Waals surface area (Å²) in [6, 6.07) is 9.25. The number of likely N-dealkylation sites (tertiary alicyclic amines) is 1. The van der Waals surface area contributed by atoms with Crippen LogP contribution in [0.25, 0.3) is 0 Å². The highest BCUT2D eigenvalue weighted by atomic mass is 28.3. The summed E-state index contributed by atoms with van der Waals surface area (Å²) in [6.45, 7) is 14.2. The van der Waals surface area contributed by atoms with Crippen LogP contribution in [-0.4, -0.2) is 83.9 Å². The SMILES string of the molecule is CC(C)(C)NC1CCC(N2CC[C@H](NC(=O)OCc3ccccc3)C2=O)[C@H](N(CC[Si](C)(C)C)C(=O)O)C1. The molecular weight excluding hydrogens is 500 g/mol. The summed E-state index contributed by atoms with van der Waals surface area (Å²) in [5, 5.41) is 16.6. The summed E-state index contributed by atoms with van der Waals surface area (Å²) < 4.78 is 5.32. The van der Waals surface area contributed by atoms with E-state index in [0.717, 1.165) is 18.0 Å². The van der Waals surface area contributed by atoms with Crippen molar-refractivity contribution in [3.05, 3.63) is 35.9 Å². The van der Waals surface area contributed by atoms with Gasteiger partial charge in [0.1, 0.15) is 12.6 Å². The molecule has 4 atom stereocenters. The van der Waals surface area contributed by atoms with Crippen molar-refractivity contribution in [1.29, 1.82) is 0 Å². The van der Waals surface area contributed by atoms with Gasteiger partial charge in [0, 0.05) is 32.7 Å². The number of amides is 3. The van der Waals surface area contributed by atoms with E-state index in [-0.39, 0.29) is 36.2 Å². The van der Waals surface area contributed by atoms with Crippen molar-refractivity contribution in [2.75, 3.05) is 13.1 Å². The third kappa shape index (κ3) is 8.73. The molecule has 9 nitrogen and oxygen atoms in total. The lowest BCUT2D eigenvalue weighted by Crippen LogP contribution is -2.61. The second-order valence-electron chi connectivity index (χ2n) is 12.9. The Morgan fingerprint density at radius 2 is 1.82 bits per heavy atom. The van der Waals surface area contributed by atoms with E-state index in [0.29, 0.717) is 32.4 Å². The number of hydrogen-bond donors (Lipinski definition) is 3. The van der Waals surface area contributed by atoms with Gasteiger partial charge < -0.3 is 30.3 Å². The zero-order valence-corrected chi connectivity index (χ0v) is 24.8. The zero-order chi connectivity index (χ0) is 28.1. The summed E-state index contributed by atoms with van der Waals surface area (Å²) in [5.74, 6) is -0.158. The highest BCUT2D eigenvalue weighted by Crippen LogP contribution is 2.32. The molecule has 0 aromatic heterocycles. The molecule has 1 heterocycles. The van der Waals surface area contributed by atoms with Gasteiger partial charge in [-0.25, -0.2) is 9.59 Å². The summed E-state index contributed by atoms with van der Waals surface area (Å²) in [7, 11) is -1.48. The number of hydrogen-bond acceptors (Lipinski definition) is 5. The van der Waals surface area contributed by atoms with E-state index >= 15 is 0 Å². The molecule has 1 aromatic carbocycles. The average molecular weight is 547 g/mol. The average Bonchev–Trinajstić information content (AvgIpc) is 3.16. The molecule has 1 aromatic rings. The molecule has 0 spiro atoms. The predicted molar refractivity (Wildman–Crippen MR) is 151 cm³/mol. The molecule has 3 N–H and O–H groups in total. The molecule has 3 amide bonds. The van der Waals surface area contributed by atoms with E-state index < -0.39 is 26.3 Å². The molecule has 2 aliphatic rings. The summed E-state index contributed by atoms with van der Waals surface area (Å²) in [5.41, 5.74) is 0.782. The van der Waals surface area contributed by atoms with Crippen LogP contribution in [0.4, 0.5) is 9.59 Å². The maximum Gasteiger partial charge on any atom is 0.408 e. The monoisotopic (exact) mass is 546 g/mol. The largest absolute Gasteiger partial charge is 0.465 e. The molecule has 38 heavy (non-hydrogen) atoms. The molecule has 1 aliphatic heterocycles. The lowest BCUT2D eigenvalue weighted by atomic mass is 9.83. The number of benzene rings is 1. The van der Waals surface area contributed by atoms with Gasteiger partial charge in [-0.15, -0.1) is 0 Å². The van der Waals surface area contributed by atoms with E-state index in [1.807, 2.05) is 35.2 Å². The van der Waals surface area contributed by atoms with Gasteiger partial charge in [-0.3, -0.25) is 4.79 Å². The third-order valence-corrected chi connectivity index (χ3v) is 9.04. The maximum atomic E-state index is 13.5. The number of carboxylic acid groups (broad SMARTS) is 1. The van der Waals surface area contributed by atoms with E-state index in [1.165, 1.54) is 0 Å². The van der Waals surface area contributed by atoms with Crippen LogP contribution < -0.4 is 10.6 Å². The fraction of sp³-hybridized carbons (Fsp3) is 0.679. The summed E-state index contributed by atoms with van der Waals surface area (Å²) in [6.07, 6.45) is 1.16. The van der Waals surface area contributed by atoms with Crippen LogP contribution >= 0.6 is 0 Å². The Labute approximate surface area is 228 Å². The lowest BCUT2D eigenvalue weighted by molar-refractivity contribution is -0.133. The molecular formula is C28H46N4O5Si. The van der Waals surface area contributed by atoms with Gasteiger partial charge >= 0.3 is 12.2 Å². The first-order valence-corrected chi connectivity index (χ1v) is 17.5. The first-order valence-electron chi connectivity index (χ1n) is 13.8. The Hall–Kier alpha value is -2.59. The van der Waals surface area contributed by atoms with Crippen LogP contribution in [-0.2, 0) is 16.1 Å². The molecule has 0 radical (unpaired) electrons. The third-order valence-electron chi connectivity index (χ3n) is 7.31. The van der Waals surface area contributed by atoms with Crippen LogP contribution in [0.1, 0.15) is 52.0 Å². The van der Waals surface area contributed by atoms with E-state index in [9.17, 15) is 19.5 Å². The van der Waals surface area contributed by atoms with Crippen molar-refractivity contribution in [1.82, 2.24) is 20.4 Å². The standard InChI is InChI=1S/C28H46N4O5Si/c1-28(2,3)30-21-12-13-23(24(18-21)32(27(35)36)16-17-38(4,5)6)31-15-14-22(25(31)33)29-26(34)37-19-20-10-8-7-9-11-20/h7-11,21-24,30H,12-19H2,1-6H3,(H,29,34)(H,35,36)/t21?,22-,23?,24+/m0/s1. The Morgan fingerprint density at radius 1 is 1.13 bits per heavy atom. The van der Waals surface area contributed by atoms with Crippen LogP contribution in [0.2, 0.25) is 25.7 Å². The number of alkyl carbamates (subject to hydrolysis) is 1. The molecule has 3 rings (SSSR count). The smallest absolute Gasteiger partial charge is 0.408 e. The van der Waals surface area contributed by atoms with Gasteiger partial charge in [0.15, 0.2) is 0 Å². The zero-order valence-electron chi connectivity index (χ0n) is 23.8. The van der Waals surface area contributed by atoms with Crippen molar-refractivity contribution >= 4 is 26.2 Å². The Balaban J connectivity index is 1.70. The van der Waals surface area contributed by atoms with Gasteiger partial charge in [-0.2, -0.15) is 0 Å². The Morgan fingerprint density at radius 3 is 2.42 bits per heavy atom. The van der Waals surface area contributed by atoms with E-state index in [1.54, 1.807) is 4.90 Å². The predicted octanol–water partition coefficient (Wildman–Crippen LogP) is 4.51. The van der Waals surface area contributed by atoms with Crippen molar-refractivity contribution in [3.63, 3.8) is 0 Å². The second kappa shape index (κ2) is 12.5. The summed E-state index contributed by atoms with van der Waals surface area (Å²) in [4.78, 5) is 41.8. The first-order chi connectivity index (χ1) is 17.7. The van der Waals surface area contributed by atoms with E-state index in [2.05, 4.69) is 51.0 Å². The van der Waals surface area contributed by atoms with Crippen molar-refractivity contribution < 1.29 is 24.2 Å². The molecule has 2 unspecified atom stereocenters. The van der Waals surface area contributed by atoms with E-state index in [4.69, 9.17) is 4.74 Å². The van der Waals surface area contributed by atoms with Gasteiger partial charge in [0.2, 0.25) is 5.91 Å². The number of nitrogens with zero attached hydrogens (tertiary/aromatic N) is 2. The molecule has 10 heteroatoms. The molecule has 2 fully saturated rings. The number of nitrogens with one attached hydrogen (secondary N) is 2. The minimum absolute atomic E-state index is 0.0903. The van der Waals surface area contributed by atoms with Crippen LogP contribution in [0, 0.1) is 0 Å². The first kappa shape index (κ1) is 30.0.